The molecule has 0 radical (unpaired) electrons. The van der Waals surface area contributed by atoms with Crippen LogP contribution in [0.2, 0.25) is 0 Å². The molecule has 4 nitrogen and oxygen atoms in total. The van der Waals surface area contributed by atoms with Gasteiger partial charge in [0.25, 0.3) is 0 Å². The molecule has 0 heterocycles. The Balaban J connectivity index is 1.76. The van der Waals surface area contributed by atoms with E-state index in [0.717, 1.165) is 25.9 Å². The molecular weight excluding hydrogens is 252 g/mol. The van der Waals surface area contributed by atoms with E-state index in [0.29, 0.717) is 17.5 Å². The van der Waals surface area contributed by atoms with Gasteiger partial charge in [0.05, 0.1) is 0 Å². The number of hydrogen-bond acceptors (Lipinski definition) is 3. The zero-order chi connectivity index (χ0) is 15.0. The Kier molecular flexibility index (Phi) is 4.33. The third-order valence-corrected chi connectivity index (χ3v) is 4.50. The molecular formula is C16H30N2O2. The second-order valence-corrected chi connectivity index (χ2v) is 7.73. The summed E-state index contributed by atoms with van der Waals surface area (Å²) in [6, 6.07) is 0.931. The Morgan fingerprint density at radius 2 is 2.00 bits per heavy atom. The van der Waals surface area contributed by atoms with E-state index in [4.69, 9.17) is 4.74 Å². The van der Waals surface area contributed by atoms with E-state index in [1.807, 2.05) is 25.7 Å². The van der Waals surface area contributed by atoms with Crippen molar-refractivity contribution in [2.24, 2.45) is 5.41 Å². The highest BCUT2D eigenvalue weighted by Gasteiger charge is 2.42. The average molecular weight is 282 g/mol. The molecule has 0 saturated heterocycles. The molecule has 0 aromatic rings. The highest BCUT2D eigenvalue weighted by molar-refractivity contribution is 5.69. The lowest BCUT2D eigenvalue weighted by atomic mass is 10.0. The first-order valence-electron chi connectivity index (χ1n) is 7.94. The van der Waals surface area contributed by atoms with Gasteiger partial charge in [0.15, 0.2) is 0 Å². The molecule has 0 aliphatic heterocycles. The minimum absolute atomic E-state index is 0.160. The fourth-order valence-electron chi connectivity index (χ4n) is 2.41. The summed E-state index contributed by atoms with van der Waals surface area (Å²) in [5.41, 5.74) is 0.0722. The number of ether oxygens (including phenoxy) is 1. The van der Waals surface area contributed by atoms with Gasteiger partial charge in [-0.15, -0.1) is 0 Å². The highest BCUT2D eigenvalue weighted by atomic mass is 16.6. The van der Waals surface area contributed by atoms with E-state index in [1.54, 1.807) is 0 Å². The van der Waals surface area contributed by atoms with E-state index in [-0.39, 0.29) is 6.09 Å². The largest absolute Gasteiger partial charge is 0.444 e. The average Bonchev–Trinajstić information content (AvgIpc) is 3.17. The van der Waals surface area contributed by atoms with Gasteiger partial charge in [-0.25, -0.2) is 4.79 Å². The van der Waals surface area contributed by atoms with Crippen molar-refractivity contribution in [3.8, 4) is 0 Å². The van der Waals surface area contributed by atoms with E-state index in [1.165, 1.54) is 12.8 Å². The number of nitrogens with one attached hydrogen (secondary N) is 1. The van der Waals surface area contributed by atoms with Crippen LogP contribution in [0, 0.1) is 5.41 Å². The van der Waals surface area contributed by atoms with Crippen molar-refractivity contribution in [3.05, 3.63) is 0 Å². The van der Waals surface area contributed by atoms with Gasteiger partial charge in [-0.05, 0) is 58.8 Å². The van der Waals surface area contributed by atoms with Gasteiger partial charge in [0.1, 0.15) is 5.60 Å². The van der Waals surface area contributed by atoms with Crippen molar-refractivity contribution in [1.82, 2.24) is 10.2 Å². The number of amides is 1. The molecule has 1 amide bonds. The first-order chi connectivity index (χ1) is 9.21. The Morgan fingerprint density at radius 1 is 1.40 bits per heavy atom. The summed E-state index contributed by atoms with van der Waals surface area (Å²) in [5.74, 6) is 0. The first kappa shape index (κ1) is 15.6. The van der Waals surface area contributed by atoms with Crippen LogP contribution < -0.4 is 5.32 Å². The van der Waals surface area contributed by atoms with Crippen LogP contribution in [0.1, 0.15) is 60.3 Å². The number of rotatable bonds is 6. The minimum atomic E-state index is -0.410. The SMILES string of the molecule is CC(NCCN(C(=O)OC(C)(C)C)C1CC1)C1(C)CC1. The third-order valence-electron chi connectivity index (χ3n) is 4.50. The van der Waals surface area contributed by atoms with Crippen molar-refractivity contribution in [2.45, 2.75) is 78.0 Å². The maximum Gasteiger partial charge on any atom is 0.410 e. The van der Waals surface area contributed by atoms with Crippen LogP contribution in [0.4, 0.5) is 4.79 Å². The van der Waals surface area contributed by atoms with E-state index in [9.17, 15) is 4.79 Å². The van der Waals surface area contributed by atoms with Gasteiger partial charge >= 0.3 is 6.09 Å². The second kappa shape index (κ2) is 5.55. The van der Waals surface area contributed by atoms with Crippen molar-refractivity contribution in [3.63, 3.8) is 0 Å². The van der Waals surface area contributed by atoms with Gasteiger partial charge in [0.2, 0.25) is 0 Å². The first-order valence-corrected chi connectivity index (χ1v) is 7.94. The minimum Gasteiger partial charge on any atom is -0.444 e. The van der Waals surface area contributed by atoms with Crippen LogP contribution in [0.15, 0.2) is 0 Å². The molecule has 2 aliphatic rings. The van der Waals surface area contributed by atoms with Crippen LogP contribution in [0.3, 0.4) is 0 Å². The summed E-state index contributed by atoms with van der Waals surface area (Å²) in [4.78, 5) is 14.1. The van der Waals surface area contributed by atoms with Gasteiger partial charge in [-0.3, -0.25) is 0 Å². The normalized spacial score (nSPS) is 22.2. The molecule has 2 fully saturated rings. The molecule has 116 valence electrons. The lowest BCUT2D eigenvalue weighted by Crippen LogP contribution is -2.44. The molecule has 2 aliphatic carbocycles. The maximum atomic E-state index is 12.2. The van der Waals surface area contributed by atoms with Gasteiger partial charge in [-0.1, -0.05) is 6.92 Å². The maximum absolute atomic E-state index is 12.2. The number of carbonyl (C=O) groups excluding carboxylic acids is 1. The smallest absolute Gasteiger partial charge is 0.410 e. The number of nitrogens with zero attached hydrogens (tertiary/aromatic N) is 1. The van der Waals surface area contributed by atoms with Gasteiger partial charge in [-0.2, -0.15) is 0 Å². The van der Waals surface area contributed by atoms with Crippen molar-refractivity contribution >= 4 is 6.09 Å². The van der Waals surface area contributed by atoms with Crippen LogP contribution in [0.5, 0.6) is 0 Å². The fourth-order valence-corrected chi connectivity index (χ4v) is 2.41. The summed E-state index contributed by atoms with van der Waals surface area (Å²) in [6.45, 7) is 11.9. The Morgan fingerprint density at radius 3 is 2.45 bits per heavy atom. The van der Waals surface area contributed by atoms with Crippen LogP contribution in [-0.2, 0) is 4.74 Å². The zero-order valence-electron chi connectivity index (χ0n) is 13.7. The van der Waals surface area contributed by atoms with Crippen molar-refractivity contribution in [1.29, 1.82) is 0 Å². The molecule has 20 heavy (non-hydrogen) atoms. The van der Waals surface area contributed by atoms with Crippen LogP contribution in [0.25, 0.3) is 0 Å². The van der Waals surface area contributed by atoms with E-state index >= 15 is 0 Å². The summed E-state index contributed by atoms with van der Waals surface area (Å²) in [5, 5.41) is 3.57. The lowest BCUT2D eigenvalue weighted by Gasteiger charge is -2.28. The molecule has 0 aromatic carbocycles. The van der Waals surface area contributed by atoms with Crippen LogP contribution in [-0.4, -0.2) is 41.8 Å². The molecule has 1 N–H and O–H groups in total. The summed E-state index contributed by atoms with van der Waals surface area (Å²) < 4.78 is 5.50. The van der Waals surface area contributed by atoms with E-state index in [2.05, 4.69) is 19.2 Å². The Bertz CT molecular complexity index is 354. The molecule has 2 saturated carbocycles. The topological polar surface area (TPSA) is 41.6 Å². The highest BCUT2D eigenvalue weighted by Crippen LogP contribution is 2.47. The summed E-state index contributed by atoms with van der Waals surface area (Å²) >= 11 is 0. The fraction of sp³-hybridized carbons (Fsp3) is 0.938. The van der Waals surface area contributed by atoms with Gasteiger partial charge < -0.3 is 15.0 Å². The zero-order valence-corrected chi connectivity index (χ0v) is 13.7. The molecule has 4 heteroatoms. The van der Waals surface area contributed by atoms with Crippen molar-refractivity contribution < 1.29 is 9.53 Å². The van der Waals surface area contributed by atoms with Gasteiger partial charge in [0, 0.05) is 25.2 Å². The number of carbonyl (C=O) groups is 1. The monoisotopic (exact) mass is 282 g/mol. The summed E-state index contributed by atoms with van der Waals surface area (Å²) in [7, 11) is 0. The molecule has 2 rings (SSSR count). The standard InChI is InChI=1S/C16H30N2O2/c1-12(16(5)8-9-16)17-10-11-18(13-6-7-13)14(19)20-15(2,3)4/h12-13,17H,6-11H2,1-5H3. The van der Waals surface area contributed by atoms with E-state index < -0.39 is 5.60 Å². The molecule has 0 aromatic heterocycles. The van der Waals surface area contributed by atoms with Crippen LogP contribution >= 0.6 is 0 Å². The quantitative estimate of drug-likeness (QED) is 0.813. The molecule has 1 unspecified atom stereocenters. The predicted molar refractivity (Wildman–Crippen MR) is 80.8 cm³/mol. The van der Waals surface area contributed by atoms with Crippen molar-refractivity contribution in [2.75, 3.05) is 13.1 Å². The number of hydrogen-bond donors (Lipinski definition) is 1. The predicted octanol–water partition coefficient (Wildman–Crippen LogP) is 3.16. The second-order valence-electron chi connectivity index (χ2n) is 7.73. The Hall–Kier alpha value is -0.770. The summed E-state index contributed by atoms with van der Waals surface area (Å²) in [6.07, 6.45) is 4.71. The third kappa shape index (κ3) is 4.37. The Labute approximate surface area is 123 Å². The molecule has 0 bridgehead atoms. The lowest BCUT2D eigenvalue weighted by molar-refractivity contribution is 0.0234. The molecule has 1 atom stereocenters. The molecule has 0 spiro atoms.